The first kappa shape index (κ1) is 20.4. The van der Waals surface area contributed by atoms with Gasteiger partial charge in [-0.3, -0.25) is 14.9 Å². The Hall–Kier alpha value is -3.85. The lowest BCUT2D eigenvalue weighted by molar-refractivity contribution is -0.384. The summed E-state index contributed by atoms with van der Waals surface area (Å²) in [6, 6.07) is 16.1. The lowest BCUT2D eigenvalue weighted by atomic mass is 10.1. The van der Waals surface area contributed by atoms with Crippen LogP contribution in [0.4, 0.5) is 5.69 Å². The summed E-state index contributed by atoms with van der Waals surface area (Å²) in [6.45, 7) is 1.40. The number of carbonyl (C=O) groups excluding carboxylic acids is 1. The van der Waals surface area contributed by atoms with E-state index in [1.807, 2.05) is 0 Å². The van der Waals surface area contributed by atoms with Crippen molar-refractivity contribution in [3.63, 3.8) is 0 Å². The van der Waals surface area contributed by atoms with Crippen molar-refractivity contribution in [3.8, 4) is 17.1 Å². The summed E-state index contributed by atoms with van der Waals surface area (Å²) in [7, 11) is 0. The Kier molecular flexibility index (Phi) is 5.59. The summed E-state index contributed by atoms with van der Waals surface area (Å²) in [5, 5.41) is 16.9. The van der Waals surface area contributed by atoms with Gasteiger partial charge in [0.2, 0.25) is 12.1 Å². The summed E-state index contributed by atoms with van der Waals surface area (Å²) in [5.41, 5.74) is 0.483. The second-order valence-corrected chi connectivity index (χ2v) is 7.01. The lowest BCUT2D eigenvalue weighted by Crippen LogP contribution is -2.36. The van der Waals surface area contributed by atoms with Crippen LogP contribution >= 0.6 is 11.6 Å². The normalized spacial score (nSPS) is 15.4. The van der Waals surface area contributed by atoms with E-state index < -0.39 is 11.2 Å². The number of furan rings is 1. The van der Waals surface area contributed by atoms with Gasteiger partial charge in [-0.1, -0.05) is 23.7 Å². The molecule has 0 bridgehead atoms. The summed E-state index contributed by atoms with van der Waals surface area (Å²) >= 11 is 5.87. The Bertz CT molecular complexity index is 1160. The van der Waals surface area contributed by atoms with Crippen LogP contribution in [0.3, 0.4) is 0 Å². The Morgan fingerprint density at radius 1 is 1.19 bits per heavy atom. The highest BCUT2D eigenvalue weighted by atomic mass is 35.5. The Morgan fingerprint density at radius 3 is 2.65 bits per heavy atom. The van der Waals surface area contributed by atoms with E-state index in [1.54, 1.807) is 48.5 Å². The fraction of sp³-hybridized carbons (Fsp3) is 0.143. The number of rotatable bonds is 6. The highest BCUT2D eigenvalue weighted by molar-refractivity contribution is 6.30. The van der Waals surface area contributed by atoms with Gasteiger partial charge >= 0.3 is 0 Å². The van der Waals surface area contributed by atoms with Crippen molar-refractivity contribution in [3.05, 3.63) is 81.6 Å². The quantitative estimate of drug-likeness (QED) is 0.413. The minimum absolute atomic E-state index is 0.0344. The van der Waals surface area contributed by atoms with E-state index >= 15 is 0 Å². The van der Waals surface area contributed by atoms with E-state index in [9.17, 15) is 14.9 Å². The second-order valence-electron chi connectivity index (χ2n) is 6.58. The molecule has 1 aromatic heterocycles. The second kappa shape index (κ2) is 8.49. The predicted molar refractivity (Wildman–Crippen MR) is 112 cm³/mol. The molecule has 31 heavy (non-hydrogen) atoms. The molecule has 0 N–H and O–H groups in total. The van der Waals surface area contributed by atoms with E-state index in [2.05, 4.69) is 5.10 Å². The van der Waals surface area contributed by atoms with Crippen LogP contribution in [0.25, 0.3) is 11.3 Å². The molecule has 1 amide bonds. The SMILES string of the molecule is CC(=O)N1N=C(c2ccc(-c3cccc([N+](=O)[O-])c3)o2)O[C@@H]1COc1ccc(Cl)cc1. The van der Waals surface area contributed by atoms with Crippen molar-refractivity contribution in [2.24, 2.45) is 5.10 Å². The minimum atomic E-state index is -0.783. The van der Waals surface area contributed by atoms with Crippen molar-refractivity contribution in [1.29, 1.82) is 0 Å². The molecular formula is C21H16ClN3O6. The Morgan fingerprint density at radius 2 is 1.94 bits per heavy atom. The molecule has 1 atom stereocenters. The number of non-ortho nitro benzene ring substituents is 1. The maximum atomic E-state index is 12.0. The van der Waals surface area contributed by atoms with Crippen LogP contribution in [0.15, 0.2) is 70.2 Å². The molecule has 0 fully saturated rings. The number of hydrazone groups is 1. The molecule has 0 saturated heterocycles. The van der Waals surface area contributed by atoms with Gasteiger partial charge in [-0.25, -0.2) is 0 Å². The Labute approximate surface area is 181 Å². The van der Waals surface area contributed by atoms with E-state index in [4.69, 9.17) is 25.5 Å². The minimum Gasteiger partial charge on any atom is -0.488 e. The van der Waals surface area contributed by atoms with E-state index in [0.29, 0.717) is 22.1 Å². The molecule has 0 spiro atoms. The molecule has 10 heteroatoms. The zero-order valence-electron chi connectivity index (χ0n) is 16.2. The van der Waals surface area contributed by atoms with Crippen LogP contribution in [-0.4, -0.2) is 34.6 Å². The van der Waals surface area contributed by atoms with Crippen LogP contribution in [0.5, 0.6) is 5.75 Å². The van der Waals surface area contributed by atoms with Crippen LogP contribution < -0.4 is 4.74 Å². The summed E-state index contributed by atoms with van der Waals surface area (Å²) in [4.78, 5) is 22.5. The molecule has 158 valence electrons. The lowest BCUT2D eigenvalue weighted by Gasteiger charge is -2.19. The number of halogens is 1. The zero-order chi connectivity index (χ0) is 22.0. The monoisotopic (exact) mass is 441 g/mol. The number of nitro benzene ring substituents is 1. The van der Waals surface area contributed by atoms with E-state index in [-0.39, 0.29) is 29.9 Å². The van der Waals surface area contributed by atoms with Crippen molar-refractivity contribution in [1.82, 2.24) is 5.01 Å². The maximum Gasteiger partial charge on any atom is 0.277 e. The molecule has 1 aliphatic heterocycles. The third-order valence-corrected chi connectivity index (χ3v) is 4.66. The molecule has 0 aliphatic carbocycles. The number of carbonyl (C=O) groups is 1. The van der Waals surface area contributed by atoms with Crippen LogP contribution in [0, 0.1) is 10.1 Å². The first-order chi connectivity index (χ1) is 14.9. The molecule has 2 aromatic carbocycles. The molecule has 0 unspecified atom stereocenters. The number of amides is 1. The summed E-state index contributed by atoms with van der Waals surface area (Å²) in [5.74, 6) is 1.03. The average molecular weight is 442 g/mol. The van der Waals surface area contributed by atoms with Gasteiger partial charge in [-0.15, -0.1) is 5.10 Å². The number of hydrogen-bond acceptors (Lipinski definition) is 7. The predicted octanol–water partition coefficient (Wildman–Crippen LogP) is 4.45. The van der Waals surface area contributed by atoms with Gasteiger partial charge in [0.1, 0.15) is 18.1 Å². The number of benzene rings is 2. The highest BCUT2D eigenvalue weighted by Gasteiger charge is 2.33. The molecular weight excluding hydrogens is 426 g/mol. The fourth-order valence-electron chi connectivity index (χ4n) is 2.93. The molecule has 0 saturated carbocycles. The first-order valence-electron chi connectivity index (χ1n) is 9.19. The standard InChI is InChI=1S/C21H16ClN3O6/c1-13(26)24-20(12-29-17-7-5-15(22)6-8-17)31-21(23-24)19-10-9-18(30-19)14-3-2-4-16(11-14)25(27)28/h2-11,20H,12H2,1H3/t20-/m1/s1. The molecule has 9 nitrogen and oxygen atoms in total. The molecule has 0 radical (unpaired) electrons. The van der Waals surface area contributed by atoms with Crippen LogP contribution in [-0.2, 0) is 9.53 Å². The number of ether oxygens (including phenoxy) is 2. The smallest absolute Gasteiger partial charge is 0.277 e. The van der Waals surface area contributed by atoms with Gasteiger partial charge in [-0.2, -0.15) is 5.01 Å². The van der Waals surface area contributed by atoms with Gasteiger partial charge in [0.25, 0.3) is 11.6 Å². The molecule has 2 heterocycles. The largest absolute Gasteiger partial charge is 0.488 e. The van der Waals surface area contributed by atoms with Gasteiger partial charge in [0, 0.05) is 29.6 Å². The summed E-state index contributed by atoms with van der Waals surface area (Å²) in [6.07, 6.45) is -0.783. The van der Waals surface area contributed by atoms with Gasteiger partial charge in [0.15, 0.2) is 5.76 Å². The van der Waals surface area contributed by atoms with Crippen molar-refractivity contribution in [2.45, 2.75) is 13.2 Å². The number of nitrogens with zero attached hydrogens (tertiary/aromatic N) is 3. The topological polar surface area (TPSA) is 107 Å². The number of hydrogen-bond donors (Lipinski definition) is 0. The number of nitro groups is 1. The molecule has 1 aliphatic rings. The molecule has 4 rings (SSSR count). The van der Waals surface area contributed by atoms with Gasteiger partial charge < -0.3 is 13.9 Å². The van der Waals surface area contributed by atoms with Gasteiger partial charge in [0.05, 0.1) is 4.92 Å². The highest BCUT2D eigenvalue weighted by Crippen LogP contribution is 2.28. The third-order valence-electron chi connectivity index (χ3n) is 4.41. The van der Waals surface area contributed by atoms with E-state index in [0.717, 1.165) is 0 Å². The third kappa shape index (κ3) is 4.51. The van der Waals surface area contributed by atoms with E-state index in [1.165, 1.54) is 24.1 Å². The van der Waals surface area contributed by atoms with Crippen molar-refractivity contribution >= 4 is 29.1 Å². The van der Waals surface area contributed by atoms with Gasteiger partial charge in [-0.05, 0) is 36.4 Å². The Balaban J connectivity index is 1.50. The zero-order valence-corrected chi connectivity index (χ0v) is 17.0. The van der Waals surface area contributed by atoms with Crippen LogP contribution in [0.1, 0.15) is 12.7 Å². The fourth-order valence-corrected chi connectivity index (χ4v) is 3.05. The maximum absolute atomic E-state index is 12.0. The average Bonchev–Trinajstić information content (AvgIpc) is 3.41. The van der Waals surface area contributed by atoms with Crippen molar-refractivity contribution < 1.29 is 23.6 Å². The molecule has 3 aromatic rings. The first-order valence-corrected chi connectivity index (χ1v) is 9.57. The summed E-state index contributed by atoms with van der Waals surface area (Å²) < 4.78 is 17.2. The van der Waals surface area contributed by atoms with Crippen molar-refractivity contribution in [2.75, 3.05) is 6.61 Å². The van der Waals surface area contributed by atoms with Crippen LogP contribution in [0.2, 0.25) is 5.02 Å².